The predicted octanol–water partition coefficient (Wildman–Crippen LogP) is 2.74. The number of hydrogen-bond donors (Lipinski definition) is 3. The van der Waals surface area contributed by atoms with Gasteiger partial charge in [0.2, 0.25) is 5.91 Å². The van der Waals surface area contributed by atoms with Gasteiger partial charge in [0.05, 0.1) is 5.41 Å². The van der Waals surface area contributed by atoms with Gasteiger partial charge in [0.1, 0.15) is 0 Å². The lowest BCUT2D eigenvalue weighted by molar-refractivity contribution is -0.121. The van der Waals surface area contributed by atoms with E-state index in [0.717, 1.165) is 31.2 Å². The highest BCUT2D eigenvalue weighted by atomic mass is 16.2. The minimum atomic E-state index is -0.464. The molecule has 2 aromatic carbocycles. The molecule has 0 aromatic heterocycles. The van der Waals surface area contributed by atoms with Gasteiger partial charge in [-0.2, -0.15) is 0 Å². The molecule has 0 heterocycles. The number of amides is 2. The van der Waals surface area contributed by atoms with Gasteiger partial charge >= 0.3 is 0 Å². The van der Waals surface area contributed by atoms with Crippen molar-refractivity contribution in [3.8, 4) is 0 Å². The Morgan fingerprint density at radius 3 is 2.12 bits per heavy atom. The Labute approximate surface area is 141 Å². The zero-order chi connectivity index (χ0) is 17.0. The number of hydrazine groups is 1. The lowest BCUT2D eigenvalue weighted by atomic mass is 9.78. The third kappa shape index (κ3) is 3.03. The van der Waals surface area contributed by atoms with Crippen LogP contribution in [0.15, 0.2) is 54.6 Å². The first-order chi connectivity index (χ1) is 11.7. The molecule has 4 N–H and O–H groups in total. The van der Waals surface area contributed by atoms with Crippen LogP contribution in [0.2, 0.25) is 0 Å². The molecule has 0 bridgehead atoms. The van der Waals surface area contributed by atoms with Gasteiger partial charge in [0.25, 0.3) is 5.91 Å². The van der Waals surface area contributed by atoms with Crippen LogP contribution >= 0.6 is 0 Å². The molecule has 124 valence electrons. The summed E-state index contributed by atoms with van der Waals surface area (Å²) in [5.74, 6) is 4.78. The molecule has 24 heavy (non-hydrogen) atoms. The first kappa shape index (κ1) is 16.2. The summed E-state index contributed by atoms with van der Waals surface area (Å²) in [6.07, 6.45) is 3.82. The van der Waals surface area contributed by atoms with E-state index in [1.165, 1.54) is 0 Å². The topological polar surface area (TPSA) is 84.2 Å². The Morgan fingerprint density at radius 1 is 0.917 bits per heavy atom. The van der Waals surface area contributed by atoms with Crippen molar-refractivity contribution in [3.63, 3.8) is 0 Å². The Hall–Kier alpha value is -2.66. The van der Waals surface area contributed by atoms with Crippen molar-refractivity contribution in [1.29, 1.82) is 0 Å². The molecule has 0 aliphatic heterocycles. The molecule has 0 atom stereocenters. The van der Waals surface area contributed by atoms with E-state index in [9.17, 15) is 9.59 Å². The molecule has 1 aliphatic rings. The number of rotatable bonds is 4. The third-order valence-corrected chi connectivity index (χ3v) is 4.75. The van der Waals surface area contributed by atoms with Crippen molar-refractivity contribution in [2.45, 2.75) is 31.1 Å². The van der Waals surface area contributed by atoms with Crippen LogP contribution in [0, 0.1) is 0 Å². The van der Waals surface area contributed by atoms with Crippen LogP contribution in [-0.4, -0.2) is 11.8 Å². The fourth-order valence-corrected chi connectivity index (χ4v) is 3.42. The van der Waals surface area contributed by atoms with E-state index in [-0.39, 0.29) is 11.8 Å². The zero-order valence-electron chi connectivity index (χ0n) is 13.4. The number of carbonyl (C=O) groups is 2. The summed E-state index contributed by atoms with van der Waals surface area (Å²) < 4.78 is 0. The number of nitrogens with two attached hydrogens (primary N) is 1. The molecule has 5 heteroatoms. The van der Waals surface area contributed by atoms with Crippen LogP contribution in [0.4, 0.5) is 5.69 Å². The number of benzene rings is 2. The Bertz CT molecular complexity index is 720. The van der Waals surface area contributed by atoms with Gasteiger partial charge in [-0.1, -0.05) is 43.2 Å². The number of nitrogen functional groups attached to an aromatic ring is 1. The Kier molecular flexibility index (Phi) is 4.62. The quantitative estimate of drug-likeness (QED) is 0.459. The number of carbonyl (C=O) groups excluding carboxylic acids is 2. The van der Waals surface area contributed by atoms with E-state index in [2.05, 4.69) is 10.7 Å². The lowest BCUT2D eigenvalue weighted by Gasteiger charge is -2.28. The van der Waals surface area contributed by atoms with Crippen LogP contribution in [0.1, 0.15) is 41.6 Å². The average Bonchev–Trinajstić information content (AvgIpc) is 3.13. The smallest absolute Gasteiger partial charge is 0.265 e. The van der Waals surface area contributed by atoms with Gasteiger partial charge < -0.3 is 5.32 Å². The monoisotopic (exact) mass is 323 g/mol. The fraction of sp³-hybridized carbons (Fsp3) is 0.263. The second-order valence-corrected chi connectivity index (χ2v) is 6.16. The summed E-state index contributed by atoms with van der Waals surface area (Å²) in [6, 6.07) is 16.7. The number of hydrogen-bond acceptors (Lipinski definition) is 3. The molecular weight excluding hydrogens is 302 g/mol. The molecule has 1 saturated carbocycles. The summed E-state index contributed by atoms with van der Waals surface area (Å²) in [7, 11) is 0. The van der Waals surface area contributed by atoms with E-state index >= 15 is 0 Å². The van der Waals surface area contributed by atoms with Crippen LogP contribution in [0.3, 0.4) is 0 Å². The van der Waals surface area contributed by atoms with E-state index in [4.69, 9.17) is 5.84 Å². The van der Waals surface area contributed by atoms with E-state index in [0.29, 0.717) is 11.3 Å². The van der Waals surface area contributed by atoms with Crippen molar-refractivity contribution in [1.82, 2.24) is 5.43 Å². The molecule has 0 saturated heterocycles. The second kappa shape index (κ2) is 6.84. The predicted molar refractivity (Wildman–Crippen MR) is 93.3 cm³/mol. The summed E-state index contributed by atoms with van der Waals surface area (Å²) >= 11 is 0. The van der Waals surface area contributed by atoms with Gasteiger partial charge in [0, 0.05) is 11.3 Å². The molecule has 2 amide bonds. The van der Waals surface area contributed by atoms with Gasteiger partial charge in [-0.3, -0.25) is 15.0 Å². The molecule has 0 spiro atoms. The summed E-state index contributed by atoms with van der Waals surface area (Å²) in [4.78, 5) is 24.5. The first-order valence-corrected chi connectivity index (χ1v) is 8.14. The molecule has 1 fully saturated rings. The molecule has 5 nitrogen and oxygen atoms in total. The van der Waals surface area contributed by atoms with Crippen molar-refractivity contribution >= 4 is 17.5 Å². The normalized spacial score (nSPS) is 15.7. The molecule has 0 unspecified atom stereocenters. The maximum Gasteiger partial charge on any atom is 0.265 e. The highest BCUT2D eigenvalue weighted by Crippen LogP contribution is 2.42. The Morgan fingerprint density at radius 2 is 1.54 bits per heavy atom. The number of nitrogens with one attached hydrogen (secondary N) is 2. The maximum absolute atomic E-state index is 13.0. The van der Waals surface area contributed by atoms with Crippen molar-refractivity contribution in [3.05, 3.63) is 65.7 Å². The van der Waals surface area contributed by atoms with Crippen molar-refractivity contribution < 1.29 is 9.59 Å². The zero-order valence-corrected chi connectivity index (χ0v) is 13.4. The van der Waals surface area contributed by atoms with Gasteiger partial charge in [-0.15, -0.1) is 0 Å². The van der Waals surface area contributed by atoms with E-state index < -0.39 is 5.41 Å². The SMILES string of the molecule is NNC(=O)c1ccc(NC(=O)C2(c3ccccc3)CCCC2)cc1. The minimum absolute atomic E-state index is 0.0160. The third-order valence-electron chi connectivity index (χ3n) is 4.75. The molecular formula is C19H21N3O2. The standard InChI is InChI=1S/C19H21N3O2/c20-22-17(23)14-8-10-16(11-9-14)21-18(24)19(12-4-5-13-19)15-6-2-1-3-7-15/h1-3,6-11H,4-5,12-13,20H2,(H,21,24)(H,22,23). The lowest BCUT2D eigenvalue weighted by Crippen LogP contribution is -2.38. The summed E-state index contributed by atoms with van der Waals surface area (Å²) in [5.41, 5.74) is 3.82. The summed E-state index contributed by atoms with van der Waals surface area (Å²) in [6.45, 7) is 0. The van der Waals surface area contributed by atoms with Gasteiger partial charge in [-0.25, -0.2) is 5.84 Å². The first-order valence-electron chi connectivity index (χ1n) is 8.14. The highest BCUT2D eigenvalue weighted by Gasteiger charge is 2.42. The van der Waals surface area contributed by atoms with Crippen LogP contribution in [0.25, 0.3) is 0 Å². The number of anilines is 1. The molecule has 0 radical (unpaired) electrons. The van der Waals surface area contributed by atoms with Crippen LogP contribution < -0.4 is 16.6 Å². The van der Waals surface area contributed by atoms with Gasteiger partial charge in [0.15, 0.2) is 0 Å². The molecule has 3 rings (SSSR count). The Balaban J connectivity index is 1.81. The van der Waals surface area contributed by atoms with E-state index in [1.807, 2.05) is 30.3 Å². The second-order valence-electron chi connectivity index (χ2n) is 6.16. The highest BCUT2D eigenvalue weighted by molar-refractivity contribution is 6.00. The maximum atomic E-state index is 13.0. The van der Waals surface area contributed by atoms with Crippen LogP contribution in [-0.2, 0) is 10.2 Å². The fourth-order valence-electron chi connectivity index (χ4n) is 3.42. The van der Waals surface area contributed by atoms with Crippen molar-refractivity contribution in [2.24, 2.45) is 5.84 Å². The molecule has 2 aromatic rings. The average molecular weight is 323 g/mol. The summed E-state index contributed by atoms with van der Waals surface area (Å²) in [5, 5.41) is 3.01. The minimum Gasteiger partial charge on any atom is -0.325 e. The van der Waals surface area contributed by atoms with Gasteiger partial charge in [-0.05, 0) is 42.7 Å². The van der Waals surface area contributed by atoms with Crippen LogP contribution in [0.5, 0.6) is 0 Å². The van der Waals surface area contributed by atoms with Crippen molar-refractivity contribution in [2.75, 3.05) is 5.32 Å². The largest absolute Gasteiger partial charge is 0.325 e. The van der Waals surface area contributed by atoms with E-state index in [1.54, 1.807) is 24.3 Å². The molecule has 1 aliphatic carbocycles.